The first-order valence-corrected chi connectivity index (χ1v) is 7.72. The number of rotatable bonds is 4. The first-order chi connectivity index (χ1) is 12.5. The Labute approximate surface area is 147 Å². The van der Waals surface area contributed by atoms with Crippen molar-refractivity contribution in [1.82, 2.24) is 20.8 Å². The van der Waals surface area contributed by atoms with Crippen molar-refractivity contribution in [3.63, 3.8) is 0 Å². The predicted octanol–water partition coefficient (Wildman–Crippen LogP) is 1.78. The number of nitrogens with one attached hydrogen (secondary N) is 3. The van der Waals surface area contributed by atoms with Crippen molar-refractivity contribution in [3.8, 4) is 0 Å². The minimum absolute atomic E-state index is 0.0527. The monoisotopic (exact) mass is 353 g/mol. The molecular formula is C17H15N5O4. The molecule has 0 radical (unpaired) electrons. The SMILES string of the molecule is Cc1c(C(=O)NNC(=O)Cc2nc3ccccc3[nH]2)cccc1[N+](=O)[O-]. The molecule has 0 saturated carbocycles. The van der Waals surface area contributed by atoms with Crippen molar-refractivity contribution in [2.45, 2.75) is 13.3 Å². The molecule has 0 unspecified atom stereocenters. The molecule has 26 heavy (non-hydrogen) atoms. The van der Waals surface area contributed by atoms with Gasteiger partial charge in [0.2, 0.25) is 5.91 Å². The third-order valence-electron chi connectivity index (χ3n) is 3.83. The van der Waals surface area contributed by atoms with E-state index in [0.29, 0.717) is 5.82 Å². The molecule has 3 aromatic rings. The zero-order chi connectivity index (χ0) is 18.7. The van der Waals surface area contributed by atoms with Crippen molar-refractivity contribution in [2.24, 2.45) is 0 Å². The maximum atomic E-state index is 12.2. The maximum Gasteiger partial charge on any atom is 0.273 e. The topological polar surface area (TPSA) is 130 Å². The summed E-state index contributed by atoms with van der Waals surface area (Å²) in [5.74, 6) is -0.644. The van der Waals surface area contributed by atoms with E-state index in [2.05, 4.69) is 20.8 Å². The number of hydrogen-bond acceptors (Lipinski definition) is 5. The lowest BCUT2D eigenvalue weighted by Crippen LogP contribution is -2.42. The number of aromatic amines is 1. The molecule has 132 valence electrons. The van der Waals surface area contributed by atoms with E-state index in [1.165, 1.54) is 25.1 Å². The highest BCUT2D eigenvalue weighted by Crippen LogP contribution is 2.20. The van der Waals surface area contributed by atoms with Gasteiger partial charge in [0.25, 0.3) is 11.6 Å². The fourth-order valence-electron chi connectivity index (χ4n) is 2.55. The van der Waals surface area contributed by atoms with Crippen LogP contribution in [0.3, 0.4) is 0 Å². The molecule has 9 nitrogen and oxygen atoms in total. The summed E-state index contributed by atoms with van der Waals surface area (Å²) < 4.78 is 0. The van der Waals surface area contributed by atoms with Crippen molar-refractivity contribution in [3.05, 3.63) is 69.5 Å². The quantitative estimate of drug-likeness (QED) is 0.486. The van der Waals surface area contributed by atoms with Gasteiger partial charge in [-0.05, 0) is 25.1 Å². The predicted molar refractivity (Wildman–Crippen MR) is 93.2 cm³/mol. The van der Waals surface area contributed by atoms with Gasteiger partial charge in [-0.15, -0.1) is 0 Å². The Morgan fingerprint density at radius 2 is 1.92 bits per heavy atom. The number of nitrogens with zero attached hydrogens (tertiary/aromatic N) is 2. The van der Waals surface area contributed by atoms with Gasteiger partial charge in [0.1, 0.15) is 5.82 Å². The number of carbonyl (C=O) groups excluding carboxylic acids is 2. The summed E-state index contributed by atoms with van der Waals surface area (Å²) in [6.45, 7) is 1.48. The molecule has 3 N–H and O–H groups in total. The lowest BCUT2D eigenvalue weighted by atomic mass is 10.1. The maximum absolute atomic E-state index is 12.2. The number of aromatic nitrogens is 2. The van der Waals surface area contributed by atoms with Crippen LogP contribution in [0.2, 0.25) is 0 Å². The molecule has 1 heterocycles. The van der Waals surface area contributed by atoms with Gasteiger partial charge in [0.05, 0.1) is 27.9 Å². The summed E-state index contributed by atoms with van der Waals surface area (Å²) in [5.41, 5.74) is 6.27. The summed E-state index contributed by atoms with van der Waals surface area (Å²) in [4.78, 5) is 41.8. The van der Waals surface area contributed by atoms with Gasteiger partial charge in [-0.3, -0.25) is 30.6 Å². The van der Waals surface area contributed by atoms with E-state index in [4.69, 9.17) is 0 Å². The number of nitro benzene ring substituents is 1. The number of carbonyl (C=O) groups is 2. The number of nitro groups is 1. The highest BCUT2D eigenvalue weighted by Gasteiger charge is 2.18. The summed E-state index contributed by atoms with van der Waals surface area (Å²) in [6, 6.07) is 11.5. The van der Waals surface area contributed by atoms with E-state index in [1.807, 2.05) is 24.3 Å². The first-order valence-electron chi connectivity index (χ1n) is 7.72. The number of hydrogen-bond donors (Lipinski definition) is 3. The van der Waals surface area contributed by atoms with Crippen molar-refractivity contribution in [2.75, 3.05) is 0 Å². The molecule has 1 aromatic heterocycles. The summed E-state index contributed by atoms with van der Waals surface area (Å²) >= 11 is 0. The molecule has 0 spiro atoms. The minimum atomic E-state index is -0.635. The highest BCUT2D eigenvalue weighted by atomic mass is 16.6. The molecule has 2 aromatic carbocycles. The smallest absolute Gasteiger partial charge is 0.273 e. The number of H-pyrrole nitrogens is 1. The molecule has 3 rings (SSSR count). The average Bonchev–Trinajstić information content (AvgIpc) is 3.01. The molecule has 0 atom stereocenters. The van der Waals surface area contributed by atoms with Gasteiger partial charge >= 0.3 is 0 Å². The molecule has 9 heteroatoms. The summed E-state index contributed by atoms with van der Waals surface area (Å²) in [5, 5.41) is 10.9. The normalized spacial score (nSPS) is 10.5. The van der Waals surface area contributed by atoms with Crippen LogP contribution in [-0.4, -0.2) is 26.7 Å². The molecular weight excluding hydrogens is 338 g/mol. The molecule has 0 aliphatic heterocycles. The fourth-order valence-corrected chi connectivity index (χ4v) is 2.55. The largest absolute Gasteiger partial charge is 0.342 e. The second-order valence-corrected chi connectivity index (χ2v) is 5.59. The van der Waals surface area contributed by atoms with Crippen LogP contribution in [0.15, 0.2) is 42.5 Å². The van der Waals surface area contributed by atoms with Gasteiger partial charge < -0.3 is 4.98 Å². The first kappa shape index (κ1) is 17.1. The van der Waals surface area contributed by atoms with Crippen LogP contribution in [0.5, 0.6) is 0 Å². The number of hydrazine groups is 1. The average molecular weight is 353 g/mol. The van der Waals surface area contributed by atoms with E-state index < -0.39 is 16.7 Å². The Morgan fingerprint density at radius 1 is 1.15 bits per heavy atom. The van der Waals surface area contributed by atoms with Gasteiger partial charge in [-0.1, -0.05) is 18.2 Å². The van der Waals surface area contributed by atoms with Crippen LogP contribution >= 0.6 is 0 Å². The van der Waals surface area contributed by atoms with Crippen LogP contribution in [0, 0.1) is 17.0 Å². The molecule has 0 fully saturated rings. The third kappa shape index (κ3) is 3.51. The zero-order valence-corrected chi connectivity index (χ0v) is 13.8. The Kier molecular flexibility index (Phi) is 4.61. The van der Waals surface area contributed by atoms with Gasteiger partial charge in [-0.25, -0.2) is 4.98 Å². The number of amides is 2. The summed E-state index contributed by atoms with van der Waals surface area (Å²) in [6.07, 6.45) is -0.0527. The van der Waals surface area contributed by atoms with Crippen LogP contribution in [-0.2, 0) is 11.2 Å². The Hall–Kier alpha value is -3.75. The standard InChI is InChI=1S/C17H15N5O4/c1-10-11(5-4-8-14(10)22(25)26)17(24)21-20-16(23)9-15-18-12-6-2-3-7-13(12)19-15/h2-8H,9H2,1H3,(H,18,19)(H,20,23)(H,21,24). The zero-order valence-electron chi connectivity index (χ0n) is 13.8. The lowest BCUT2D eigenvalue weighted by molar-refractivity contribution is -0.385. The molecule has 2 amide bonds. The molecule has 0 saturated heterocycles. The minimum Gasteiger partial charge on any atom is -0.342 e. The Bertz CT molecular complexity index is 978. The van der Waals surface area contributed by atoms with Gasteiger partial charge in [-0.2, -0.15) is 0 Å². The summed E-state index contributed by atoms with van der Waals surface area (Å²) in [7, 11) is 0. The highest BCUT2D eigenvalue weighted by molar-refractivity contribution is 5.97. The number of fused-ring (bicyclic) bond motifs is 1. The molecule has 0 aliphatic carbocycles. The number of imidazole rings is 1. The van der Waals surface area contributed by atoms with Crippen LogP contribution in [0.25, 0.3) is 11.0 Å². The van der Waals surface area contributed by atoms with Crippen molar-refractivity contribution < 1.29 is 14.5 Å². The lowest BCUT2D eigenvalue weighted by Gasteiger charge is -2.08. The Balaban J connectivity index is 1.63. The van der Waals surface area contributed by atoms with E-state index in [1.54, 1.807) is 0 Å². The molecule has 0 bridgehead atoms. The number of para-hydroxylation sites is 2. The molecule has 0 aliphatic rings. The van der Waals surface area contributed by atoms with Gasteiger partial charge in [0.15, 0.2) is 0 Å². The number of benzene rings is 2. The van der Waals surface area contributed by atoms with E-state index in [9.17, 15) is 19.7 Å². The van der Waals surface area contributed by atoms with Crippen molar-refractivity contribution >= 4 is 28.5 Å². The van der Waals surface area contributed by atoms with Crippen molar-refractivity contribution in [1.29, 1.82) is 0 Å². The van der Waals surface area contributed by atoms with E-state index >= 15 is 0 Å². The van der Waals surface area contributed by atoms with Crippen LogP contribution in [0.1, 0.15) is 21.7 Å². The second kappa shape index (κ2) is 7.01. The van der Waals surface area contributed by atoms with E-state index in [-0.39, 0.29) is 23.2 Å². The fraction of sp³-hybridized carbons (Fsp3) is 0.118. The third-order valence-corrected chi connectivity index (χ3v) is 3.83. The van der Waals surface area contributed by atoms with Crippen LogP contribution < -0.4 is 10.9 Å². The Morgan fingerprint density at radius 3 is 2.65 bits per heavy atom. The van der Waals surface area contributed by atoms with Crippen LogP contribution in [0.4, 0.5) is 5.69 Å². The van der Waals surface area contributed by atoms with E-state index in [0.717, 1.165) is 11.0 Å². The second-order valence-electron chi connectivity index (χ2n) is 5.59. The van der Waals surface area contributed by atoms with Gasteiger partial charge in [0, 0.05) is 11.6 Å².